The van der Waals surface area contributed by atoms with Gasteiger partial charge in [0.2, 0.25) is 10.0 Å². The lowest BCUT2D eigenvalue weighted by Gasteiger charge is -2.23. The quantitative estimate of drug-likeness (QED) is 0.606. The van der Waals surface area contributed by atoms with Crippen molar-refractivity contribution in [1.29, 1.82) is 0 Å². The fourth-order valence-corrected chi connectivity index (χ4v) is 5.07. The van der Waals surface area contributed by atoms with E-state index in [1.165, 1.54) is 12.1 Å². The van der Waals surface area contributed by atoms with Gasteiger partial charge in [-0.2, -0.15) is 17.9 Å². The number of aryl methyl sites for hydroxylation is 3. The number of halogens is 5. The van der Waals surface area contributed by atoms with E-state index in [0.717, 1.165) is 5.56 Å². The van der Waals surface area contributed by atoms with E-state index in [0.29, 0.717) is 21.7 Å². The molecule has 1 unspecified atom stereocenters. The molecule has 0 saturated carbocycles. The fraction of sp³-hybridized carbons (Fsp3) is 0.368. The van der Waals surface area contributed by atoms with Crippen LogP contribution >= 0.6 is 23.2 Å². The molecule has 0 aliphatic heterocycles. The summed E-state index contributed by atoms with van der Waals surface area (Å²) < 4.78 is 67.6. The topological polar surface area (TPSA) is 58.2 Å². The molecule has 160 valence electrons. The maximum Gasteiger partial charge on any atom is 0.406 e. The molecule has 10 heteroatoms. The van der Waals surface area contributed by atoms with Gasteiger partial charge in [0.25, 0.3) is 0 Å². The van der Waals surface area contributed by atoms with E-state index < -0.39 is 28.8 Å². The number of alkyl halides is 3. The highest BCUT2D eigenvalue weighted by Gasteiger charge is 2.42. The minimum Gasteiger partial charge on any atom is -0.311 e. The van der Waals surface area contributed by atoms with Crippen molar-refractivity contribution in [2.75, 3.05) is 6.54 Å². The maximum absolute atomic E-state index is 13.5. The van der Waals surface area contributed by atoms with Crippen molar-refractivity contribution in [3.05, 3.63) is 62.6 Å². The van der Waals surface area contributed by atoms with Crippen LogP contribution in [0.1, 0.15) is 22.3 Å². The first kappa shape index (κ1) is 24.0. The standard InChI is InChI=1S/C19H21Cl2F3N2O2S/c1-11-6-12(2)18(13(3)7-11)29(27,28)26-17(19(22,23)24)10-25-9-14-4-5-15(20)16(21)8-14/h4-8,17,25-26H,9-10H2,1-3H3. The summed E-state index contributed by atoms with van der Waals surface area (Å²) >= 11 is 11.7. The van der Waals surface area contributed by atoms with Crippen LogP contribution in [0.5, 0.6) is 0 Å². The highest BCUT2D eigenvalue weighted by molar-refractivity contribution is 7.89. The average molecular weight is 469 g/mol. The highest BCUT2D eigenvalue weighted by Crippen LogP contribution is 2.26. The molecule has 2 aromatic rings. The van der Waals surface area contributed by atoms with E-state index in [1.54, 1.807) is 43.7 Å². The number of nitrogens with one attached hydrogen (secondary N) is 2. The number of hydrogen-bond donors (Lipinski definition) is 2. The molecule has 0 heterocycles. The molecule has 0 radical (unpaired) electrons. The van der Waals surface area contributed by atoms with Crippen molar-refractivity contribution in [1.82, 2.24) is 10.0 Å². The van der Waals surface area contributed by atoms with Crippen molar-refractivity contribution in [3.8, 4) is 0 Å². The zero-order chi connectivity index (χ0) is 22.0. The summed E-state index contributed by atoms with van der Waals surface area (Å²) in [6.07, 6.45) is -4.77. The number of hydrogen-bond acceptors (Lipinski definition) is 3. The number of benzene rings is 2. The predicted molar refractivity (Wildman–Crippen MR) is 109 cm³/mol. The van der Waals surface area contributed by atoms with Crippen LogP contribution in [0.2, 0.25) is 10.0 Å². The molecule has 1 atom stereocenters. The second-order valence-corrected chi connectivity index (χ2v) is 9.29. The maximum atomic E-state index is 13.5. The number of rotatable bonds is 7. The first-order valence-electron chi connectivity index (χ1n) is 8.63. The second kappa shape index (κ2) is 9.22. The Morgan fingerprint density at radius 2 is 1.59 bits per heavy atom. The Balaban J connectivity index is 2.17. The first-order chi connectivity index (χ1) is 13.3. The van der Waals surface area contributed by atoms with Crippen molar-refractivity contribution in [3.63, 3.8) is 0 Å². The SMILES string of the molecule is Cc1cc(C)c(S(=O)(=O)NC(CNCc2ccc(Cl)c(Cl)c2)C(F)(F)F)c(C)c1. The molecule has 2 N–H and O–H groups in total. The summed E-state index contributed by atoms with van der Waals surface area (Å²) in [6, 6.07) is 5.62. The van der Waals surface area contributed by atoms with Gasteiger partial charge in [-0.3, -0.25) is 0 Å². The molecule has 0 aliphatic carbocycles. The lowest BCUT2D eigenvalue weighted by molar-refractivity contribution is -0.150. The van der Waals surface area contributed by atoms with E-state index >= 15 is 0 Å². The molecule has 29 heavy (non-hydrogen) atoms. The monoisotopic (exact) mass is 468 g/mol. The van der Waals surface area contributed by atoms with Gasteiger partial charge in [0.1, 0.15) is 6.04 Å². The molecule has 2 aromatic carbocycles. The lowest BCUT2D eigenvalue weighted by atomic mass is 10.1. The molecule has 0 fully saturated rings. The second-order valence-electron chi connectivity index (χ2n) is 6.82. The molecular weight excluding hydrogens is 448 g/mol. The number of sulfonamides is 1. The van der Waals surface area contributed by atoms with Crippen LogP contribution in [0.15, 0.2) is 35.2 Å². The Bertz CT molecular complexity index is 972. The third kappa shape index (κ3) is 6.33. The smallest absolute Gasteiger partial charge is 0.311 e. The largest absolute Gasteiger partial charge is 0.406 e. The Labute approximate surface area is 178 Å². The zero-order valence-corrected chi connectivity index (χ0v) is 18.3. The fourth-order valence-electron chi connectivity index (χ4n) is 3.07. The third-order valence-corrected chi connectivity index (χ3v) is 6.74. The predicted octanol–water partition coefficient (Wildman–Crippen LogP) is 4.92. The van der Waals surface area contributed by atoms with Crippen LogP contribution in [0, 0.1) is 20.8 Å². The van der Waals surface area contributed by atoms with E-state index in [-0.39, 0.29) is 16.5 Å². The van der Waals surface area contributed by atoms with Crippen molar-refractivity contribution in [2.45, 2.75) is 44.4 Å². The Hall–Kier alpha value is -1.32. The highest BCUT2D eigenvalue weighted by atomic mass is 35.5. The van der Waals surface area contributed by atoms with Crippen LogP contribution in [0.3, 0.4) is 0 Å². The van der Waals surface area contributed by atoms with Gasteiger partial charge in [-0.25, -0.2) is 8.42 Å². The first-order valence-corrected chi connectivity index (χ1v) is 10.9. The molecule has 0 bridgehead atoms. The van der Waals surface area contributed by atoms with Gasteiger partial charge in [0.15, 0.2) is 0 Å². The van der Waals surface area contributed by atoms with Crippen molar-refractivity contribution in [2.24, 2.45) is 0 Å². The van der Waals surface area contributed by atoms with E-state index in [9.17, 15) is 21.6 Å². The molecule has 0 amide bonds. The Morgan fingerprint density at radius 1 is 1.00 bits per heavy atom. The summed E-state index contributed by atoms with van der Waals surface area (Å²) in [5.74, 6) is 0. The van der Waals surface area contributed by atoms with Crippen LogP contribution in [0.25, 0.3) is 0 Å². The van der Waals surface area contributed by atoms with Gasteiger partial charge < -0.3 is 5.32 Å². The van der Waals surface area contributed by atoms with Crippen LogP contribution in [-0.4, -0.2) is 27.2 Å². The minimum atomic E-state index is -4.77. The zero-order valence-electron chi connectivity index (χ0n) is 16.0. The van der Waals surface area contributed by atoms with Crippen LogP contribution in [0.4, 0.5) is 13.2 Å². The van der Waals surface area contributed by atoms with Gasteiger partial charge >= 0.3 is 6.18 Å². The van der Waals surface area contributed by atoms with Crippen molar-refractivity contribution >= 4 is 33.2 Å². The van der Waals surface area contributed by atoms with E-state index in [1.807, 2.05) is 0 Å². The minimum absolute atomic E-state index is 0.0633. The third-order valence-electron chi connectivity index (χ3n) is 4.23. The summed E-state index contributed by atoms with van der Waals surface area (Å²) in [4.78, 5) is -0.137. The average Bonchev–Trinajstić information content (AvgIpc) is 2.55. The van der Waals surface area contributed by atoms with Gasteiger partial charge in [0, 0.05) is 13.1 Å². The van der Waals surface area contributed by atoms with Gasteiger partial charge in [-0.15, -0.1) is 0 Å². The summed E-state index contributed by atoms with van der Waals surface area (Å²) in [5, 5.41) is 3.23. The molecule has 2 rings (SSSR count). The van der Waals surface area contributed by atoms with Gasteiger partial charge in [-0.05, 0) is 49.6 Å². The van der Waals surface area contributed by atoms with E-state index in [4.69, 9.17) is 23.2 Å². The van der Waals surface area contributed by atoms with E-state index in [2.05, 4.69) is 5.32 Å². The molecule has 0 spiro atoms. The van der Waals surface area contributed by atoms with Gasteiger partial charge in [-0.1, -0.05) is 47.0 Å². The van der Waals surface area contributed by atoms with Crippen molar-refractivity contribution < 1.29 is 21.6 Å². The lowest BCUT2D eigenvalue weighted by Crippen LogP contribution is -2.51. The molecule has 0 aromatic heterocycles. The normalized spacial score (nSPS) is 13.5. The summed E-state index contributed by atoms with van der Waals surface area (Å²) in [5.41, 5.74) is 2.22. The molecule has 0 aliphatic rings. The Kier molecular flexibility index (Phi) is 7.62. The Morgan fingerprint density at radius 3 is 2.10 bits per heavy atom. The summed E-state index contributed by atoms with van der Waals surface area (Å²) in [6.45, 7) is 4.31. The van der Waals surface area contributed by atoms with Crippen LogP contribution in [-0.2, 0) is 16.6 Å². The molecule has 0 saturated heterocycles. The molecule has 4 nitrogen and oxygen atoms in total. The van der Waals surface area contributed by atoms with Gasteiger partial charge in [0.05, 0.1) is 14.9 Å². The summed E-state index contributed by atoms with van der Waals surface area (Å²) in [7, 11) is -4.38. The van der Waals surface area contributed by atoms with Crippen LogP contribution < -0.4 is 10.0 Å². The molecular formula is C19H21Cl2F3N2O2S.